The Morgan fingerprint density at radius 3 is 2.28 bits per heavy atom. The van der Waals surface area contributed by atoms with Crippen LogP contribution in [0.5, 0.6) is 0 Å². The standard InChI is InChI=1S/C11H23N3O4/c1-13(2)6-4-7-14(3)11(18)12-9(5-8-15)10(16)17/h9,15H,4-8H2,1-3H3,(H,12,18)(H,16,17)/t9-/m1/s1. The Hall–Kier alpha value is -1.34. The largest absolute Gasteiger partial charge is 0.480 e. The molecule has 0 aliphatic heterocycles. The van der Waals surface area contributed by atoms with Crippen LogP contribution in [0.2, 0.25) is 0 Å². The summed E-state index contributed by atoms with van der Waals surface area (Å²) in [6.45, 7) is 1.13. The fourth-order valence-electron chi connectivity index (χ4n) is 1.37. The summed E-state index contributed by atoms with van der Waals surface area (Å²) >= 11 is 0. The molecular weight excluding hydrogens is 238 g/mol. The molecule has 0 aromatic carbocycles. The monoisotopic (exact) mass is 261 g/mol. The van der Waals surface area contributed by atoms with Gasteiger partial charge in [0.05, 0.1) is 0 Å². The minimum Gasteiger partial charge on any atom is -0.480 e. The second kappa shape index (κ2) is 8.71. The molecule has 0 saturated heterocycles. The average Bonchev–Trinajstić information content (AvgIpc) is 2.27. The third kappa shape index (κ3) is 7.08. The number of aliphatic hydroxyl groups excluding tert-OH is 1. The van der Waals surface area contributed by atoms with Gasteiger partial charge in [0.25, 0.3) is 0 Å². The quantitative estimate of drug-likeness (QED) is 0.543. The molecule has 0 radical (unpaired) electrons. The molecule has 106 valence electrons. The maximum Gasteiger partial charge on any atom is 0.326 e. The van der Waals surface area contributed by atoms with Gasteiger partial charge in [-0.15, -0.1) is 0 Å². The maximum atomic E-state index is 11.7. The van der Waals surface area contributed by atoms with Gasteiger partial charge in [0, 0.05) is 26.6 Å². The Bertz CT molecular complexity index is 271. The number of aliphatic hydroxyl groups is 1. The highest BCUT2D eigenvalue weighted by atomic mass is 16.4. The van der Waals surface area contributed by atoms with E-state index in [1.165, 1.54) is 4.90 Å². The Morgan fingerprint density at radius 2 is 1.83 bits per heavy atom. The highest BCUT2D eigenvalue weighted by molar-refractivity contribution is 5.82. The first-order chi connectivity index (χ1) is 8.38. The second-order valence-corrected chi connectivity index (χ2v) is 4.43. The van der Waals surface area contributed by atoms with Gasteiger partial charge in [0.1, 0.15) is 6.04 Å². The zero-order valence-corrected chi connectivity index (χ0v) is 11.2. The van der Waals surface area contributed by atoms with Gasteiger partial charge in [-0.3, -0.25) is 0 Å². The smallest absolute Gasteiger partial charge is 0.326 e. The van der Waals surface area contributed by atoms with Crippen LogP contribution < -0.4 is 5.32 Å². The average molecular weight is 261 g/mol. The van der Waals surface area contributed by atoms with E-state index < -0.39 is 18.0 Å². The van der Waals surface area contributed by atoms with E-state index in [0.29, 0.717) is 6.54 Å². The van der Waals surface area contributed by atoms with Crippen molar-refractivity contribution in [2.75, 3.05) is 40.8 Å². The summed E-state index contributed by atoms with van der Waals surface area (Å²) in [6.07, 6.45) is 0.821. The highest BCUT2D eigenvalue weighted by Crippen LogP contribution is 1.95. The molecule has 7 heteroatoms. The van der Waals surface area contributed by atoms with E-state index in [9.17, 15) is 9.59 Å². The molecule has 0 saturated carbocycles. The van der Waals surface area contributed by atoms with Gasteiger partial charge in [-0.2, -0.15) is 0 Å². The minimum absolute atomic E-state index is 0.00656. The molecule has 0 aliphatic carbocycles. The van der Waals surface area contributed by atoms with Crippen molar-refractivity contribution in [3.63, 3.8) is 0 Å². The van der Waals surface area contributed by atoms with Crippen molar-refractivity contribution >= 4 is 12.0 Å². The summed E-state index contributed by atoms with van der Waals surface area (Å²) in [6, 6.07) is -1.48. The number of nitrogens with zero attached hydrogens (tertiary/aromatic N) is 2. The van der Waals surface area contributed by atoms with Crippen molar-refractivity contribution < 1.29 is 19.8 Å². The number of aliphatic carboxylic acids is 1. The summed E-state index contributed by atoms with van der Waals surface area (Å²) in [5.74, 6) is -1.14. The highest BCUT2D eigenvalue weighted by Gasteiger charge is 2.20. The zero-order valence-electron chi connectivity index (χ0n) is 11.2. The summed E-state index contributed by atoms with van der Waals surface area (Å²) in [7, 11) is 5.51. The molecule has 3 N–H and O–H groups in total. The lowest BCUT2D eigenvalue weighted by atomic mass is 10.2. The number of hydrogen-bond acceptors (Lipinski definition) is 4. The van der Waals surface area contributed by atoms with E-state index in [1.54, 1.807) is 7.05 Å². The van der Waals surface area contributed by atoms with Crippen LogP contribution in [0.4, 0.5) is 4.79 Å². The summed E-state index contributed by atoms with van der Waals surface area (Å²) < 4.78 is 0. The molecule has 18 heavy (non-hydrogen) atoms. The van der Waals surface area contributed by atoms with Crippen LogP contribution in [0.1, 0.15) is 12.8 Å². The number of urea groups is 1. The molecule has 0 unspecified atom stereocenters. The van der Waals surface area contributed by atoms with Crippen LogP contribution in [0.15, 0.2) is 0 Å². The Balaban J connectivity index is 4.08. The number of carbonyl (C=O) groups is 2. The summed E-state index contributed by atoms with van der Waals surface area (Å²) in [5, 5.41) is 19.9. The number of carboxylic acids is 1. The molecule has 0 fully saturated rings. The summed E-state index contributed by atoms with van der Waals surface area (Å²) in [4.78, 5) is 25.9. The molecule has 0 spiro atoms. The zero-order chi connectivity index (χ0) is 14.1. The number of nitrogens with one attached hydrogen (secondary N) is 1. The van der Waals surface area contributed by atoms with E-state index in [1.807, 2.05) is 19.0 Å². The fraction of sp³-hybridized carbons (Fsp3) is 0.818. The fourth-order valence-corrected chi connectivity index (χ4v) is 1.37. The Labute approximate surface area is 107 Å². The van der Waals surface area contributed by atoms with Crippen molar-refractivity contribution in [1.29, 1.82) is 0 Å². The molecule has 0 heterocycles. The Morgan fingerprint density at radius 1 is 1.22 bits per heavy atom. The minimum atomic E-state index is -1.14. The van der Waals surface area contributed by atoms with Crippen LogP contribution in [0.25, 0.3) is 0 Å². The molecule has 0 aromatic heterocycles. The topological polar surface area (TPSA) is 93.1 Å². The molecular formula is C11H23N3O4. The molecule has 2 amide bonds. The maximum absolute atomic E-state index is 11.7. The first kappa shape index (κ1) is 16.7. The van der Waals surface area contributed by atoms with Gasteiger partial charge in [0.15, 0.2) is 0 Å². The van der Waals surface area contributed by atoms with Crippen molar-refractivity contribution in [3.05, 3.63) is 0 Å². The van der Waals surface area contributed by atoms with Crippen LogP contribution in [-0.4, -0.2) is 78.9 Å². The lowest BCUT2D eigenvalue weighted by Gasteiger charge is -2.21. The van der Waals surface area contributed by atoms with Crippen LogP contribution in [0.3, 0.4) is 0 Å². The number of hydrogen-bond donors (Lipinski definition) is 3. The van der Waals surface area contributed by atoms with Gasteiger partial charge in [-0.1, -0.05) is 0 Å². The predicted octanol–water partition coefficient (Wildman–Crippen LogP) is -0.585. The van der Waals surface area contributed by atoms with Crippen LogP contribution in [0, 0.1) is 0 Å². The molecule has 0 aromatic rings. The van der Waals surface area contributed by atoms with Gasteiger partial charge >= 0.3 is 12.0 Å². The Kier molecular flexibility index (Phi) is 8.06. The van der Waals surface area contributed by atoms with Crippen LogP contribution in [-0.2, 0) is 4.79 Å². The third-order valence-corrected chi connectivity index (χ3v) is 2.46. The number of amides is 2. The van der Waals surface area contributed by atoms with Gasteiger partial charge in [-0.25, -0.2) is 9.59 Å². The van der Waals surface area contributed by atoms with E-state index in [4.69, 9.17) is 10.2 Å². The molecule has 1 atom stereocenters. The lowest BCUT2D eigenvalue weighted by molar-refractivity contribution is -0.139. The van der Waals surface area contributed by atoms with E-state index in [2.05, 4.69) is 5.32 Å². The first-order valence-corrected chi connectivity index (χ1v) is 5.88. The predicted molar refractivity (Wildman–Crippen MR) is 67.5 cm³/mol. The van der Waals surface area contributed by atoms with E-state index in [-0.39, 0.29) is 13.0 Å². The molecule has 7 nitrogen and oxygen atoms in total. The number of carbonyl (C=O) groups excluding carboxylic acids is 1. The summed E-state index contributed by atoms with van der Waals surface area (Å²) in [5.41, 5.74) is 0. The normalized spacial score (nSPS) is 12.3. The third-order valence-electron chi connectivity index (χ3n) is 2.46. The lowest BCUT2D eigenvalue weighted by Crippen LogP contribution is -2.47. The van der Waals surface area contributed by atoms with Crippen LogP contribution >= 0.6 is 0 Å². The second-order valence-electron chi connectivity index (χ2n) is 4.43. The SMILES string of the molecule is CN(C)CCCN(C)C(=O)N[C@H](CCO)C(=O)O. The number of carboxylic acid groups (broad SMARTS) is 1. The van der Waals surface area contributed by atoms with Gasteiger partial charge in [-0.05, 0) is 27.1 Å². The molecule has 0 aliphatic rings. The molecule has 0 bridgehead atoms. The molecule has 0 rings (SSSR count). The van der Waals surface area contributed by atoms with Gasteiger partial charge < -0.3 is 25.3 Å². The van der Waals surface area contributed by atoms with E-state index in [0.717, 1.165) is 13.0 Å². The van der Waals surface area contributed by atoms with Crippen molar-refractivity contribution in [3.8, 4) is 0 Å². The van der Waals surface area contributed by atoms with Crippen molar-refractivity contribution in [2.24, 2.45) is 0 Å². The van der Waals surface area contributed by atoms with E-state index >= 15 is 0 Å². The first-order valence-electron chi connectivity index (χ1n) is 5.88. The van der Waals surface area contributed by atoms with Gasteiger partial charge in [0.2, 0.25) is 0 Å². The van der Waals surface area contributed by atoms with Crippen molar-refractivity contribution in [2.45, 2.75) is 18.9 Å². The number of rotatable bonds is 8. The van der Waals surface area contributed by atoms with Crippen molar-refractivity contribution in [1.82, 2.24) is 15.1 Å².